The van der Waals surface area contributed by atoms with Crippen LogP contribution in [-0.2, 0) is 28.5 Å². The van der Waals surface area contributed by atoms with E-state index >= 15 is 0 Å². The Balaban J connectivity index is 1.88. The number of aliphatic hydroxyl groups is 1. The molecule has 1 amide bonds. The Morgan fingerprint density at radius 1 is 0.854 bits per heavy atom. The van der Waals surface area contributed by atoms with E-state index in [9.17, 15) is 14.7 Å². The average Bonchev–Trinajstić information content (AvgIpc) is 3.22. The molecule has 0 bridgehead atoms. The molecule has 238 valence electrons. The zero-order valence-corrected chi connectivity index (χ0v) is 26.4. The lowest BCUT2D eigenvalue weighted by Crippen LogP contribution is -2.37. The molecular formula is C32H60BNO7. The average molecular weight is 582 g/mol. The summed E-state index contributed by atoms with van der Waals surface area (Å²) < 4.78 is 22.0. The van der Waals surface area contributed by atoms with E-state index in [1.54, 1.807) is 0 Å². The first-order chi connectivity index (χ1) is 19.8. The predicted octanol–water partition coefficient (Wildman–Crippen LogP) is 5.75. The Hall–Kier alpha value is -1.16. The minimum atomic E-state index is -0.803. The molecule has 1 rings (SSSR count). The van der Waals surface area contributed by atoms with Crippen molar-refractivity contribution in [3.05, 3.63) is 0 Å². The molecule has 2 N–H and O–H groups in total. The molecule has 4 atom stereocenters. The van der Waals surface area contributed by atoms with E-state index in [-0.39, 0.29) is 31.2 Å². The van der Waals surface area contributed by atoms with Crippen LogP contribution in [0.2, 0.25) is 0 Å². The van der Waals surface area contributed by atoms with Gasteiger partial charge >= 0.3 is 5.97 Å². The van der Waals surface area contributed by atoms with Crippen molar-refractivity contribution < 1.29 is 33.6 Å². The van der Waals surface area contributed by atoms with E-state index in [0.29, 0.717) is 19.6 Å². The molecule has 0 aromatic rings. The lowest BCUT2D eigenvalue weighted by molar-refractivity contribution is -0.148. The van der Waals surface area contributed by atoms with Gasteiger partial charge in [0.05, 0.1) is 12.7 Å². The molecule has 0 aromatic carbocycles. The van der Waals surface area contributed by atoms with Gasteiger partial charge in [-0.3, -0.25) is 9.59 Å². The number of aliphatic hydroxyl groups excluding tert-OH is 1. The summed E-state index contributed by atoms with van der Waals surface area (Å²) in [5, 5.41) is 13.2. The number of nitrogens with one attached hydrogen (secondary N) is 1. The normalized spacial score (nSPS) is 20.5. The number of ether oxygens (including phenoxy) is 4. The SMILES string of the molecule is [B]C1OC(COC(C)C)C(O)C1OCCCCCCNC(=O)COC(=O)CCCCCCCCCCCCCCC. The second-order valence-corrected chi connectivity index (χ2v) is 11.8. The van der Waals surface area contributed by atoms with Gasteiger partial charge in [0.15, 0.2) is 6.61 Å². The molecule has 0 aromatic heterocycles. The molecule has 1 aliphatic rings. The molecule has 8 nitrogen and oxygen atoms in total. The quantitative estimate of drug-likeness (QED) is 0.0723. The van der Waals surface area contributed by atoms with Crippen molar-refractivity contribution >= 4 is 19.7 Å². The van der Waals surface area contributed by atoms with Gasteiger partial charge in [-0.15, -0.1) is 0 Å². The molecule has 1 fully saturated rings. The third kappa shape index (κ3) is 20.4. The van der Waals surface area contributed by atoms with E-state index < -0.39 is 24.3 Å². The minimum Gasteiger partial charge on any atom is -0.456 e. The first-order valence-electron chi connectivity index (χ1n) is 16.6. The second kappa shape index (κ2) is 25.4. The summed E-state index contributed by atoms with van der Waals surface area (Å²) in [6.07, 6.45) is 18.6. The minimum absolute atomic E-state index is 0.0561. The van der Waals surface area contributed by atoms with Crippen molar-refractivity contribution in [2.24, 2.45) is 0 Å². The maximum atomic E-state index is 11.9. The number of carbonyl (C=O) groups is 2. The van der Waals surface area contributed by atoms with Crippen LogP contribution in [-0.4, -0.2) is 81.6 Å². The summed E-state index contributed by atoms with van der Waals surface area (Å²) >= 11 is 0. The monoisotopic (exact) mass is 581 g/mol. The van der Waals surface area contributed by atoms with E-state index in [1.807, 2.05) is 13.8 Å². The smallest absolute Gasteiger partial charge is 0.306 e. The van der Waals surface area contributed by atoms with Crippen molar-refractivity contribution in [3.63, 3.8) is 0 Å². The van der Waals surface area contributed by atoms with E-state index in [0.717, 1.165) is 44.9 Å². The van der Waals surface area contributed by atoms with Crippen molar-refractivity contribution in [3.8, 4) is 0 Å². The second-order valence-electron chi connectivity index (χ2n) is 11.8. The van der Waals surface area contributed by atoms with Crippen molar-refractivity contribution in [1.82, 2.24) is 5.32 Å². The molecule has 2 radical (unpaired) electrons. The lowest BCUT2D eigenvalue weighted by Gasteiger charge is -2.20. The zero-order chi connectivity index (χ0) is 30.1. The number of carbonyl (C=O) groups excluding carboxylic acids is 2. The topological polar surface area (TPSA) is 103 Å². The van der Waals surface area contributed by atoms with Crippen LogP contribution in [0.4, 0.5) is 0 Å². The molecule has 4 unspecified atom stereocenters. The standard InChI is InChI=1S/C32H60BNO7/c1-4-5-6-7-8-9-10-11-12-13-14-15-18-21-29(36)40-25-28(35)34-22-19-16-17-20-23-38-31-30(37)27(41-32(31)33)24-39-26(2)3/h26-27,30-32,37H,4-25H2,1-3H3,(H,34,35). The predicted molar refractivity (Wildman–Crippen MR) is 164 cm³/mol. The van der Waals surface area contributed by atoms with Crippen LogP contribution in [0.3, 0.4) is 0 Å². The van der Waals surface area contributed by atoms with Crippen LogP contribution in [0.25, 0.3) is 0 Å². The van der Waals surface area contributed by atoms with Crippen LogP contribution < -0.4 is 5.32 Å². The Morgan fingerprint density at radius 3 is 2.02 bits per heavy atom. The summed E-state index contributed by atoms with van der Waals surface area (Å²) in [6.45, 7) is 7.23. The number of unbranched alkanes of at least 4 members (excludes halogenated alkanes) is 15. The first kappa shape index (κ1) is 37.9. The Bertz CT molecular complexity index is 652. The third-order valence-corrected chi connectivity index (χ3v) is 7.52. The van der Waals surface area contributed by atoms with Crippen molar-refractivity contribution in [2.45, 2.75) is 167 Å². The maximum absolute atomic E-state index is 11.9. The van der Waals surface area contributed by atoms with Gasteiger partial charge in [0.2, 0.25) is 0 Å². The van der Waals surface area contributed by atoms with Gasteiger partial charge in [0, 0.05) is 25.6 Å². The van der Waals surface area contributed by atoms with Gasteiger partial charge in [-0.1, -0.05) is 96.8 Å². The van der Waals surface area contributed by atoms with Crippen LogP contribution >= 0.6 is 0 Å². The highest BCUT2D eigenvalue weighted by Crippen LogP contribution is 2.23. The van der Waals surface area contributed by atoms with Crippen molar-refractivity contribution in [2.75, 3.05) is 26.4 Å². The first-order valence-corrected chi connectivity index (χ1v) is 16.6. The molecular weight excluding hydrogens is 521 g/mol. The molecule has 1 aliphatic heterocycles. The molecule has 1 heterocycles. The Morgan fingerprint density at radius 2 is 1.41 bits per heavy atom. The molecule has 41 heavy (non-hydrogen) atoms. The van der Waals surface area contributed by atoms with E-state index in [1.165, 1.54) is 64.2 Å². The summed E-state index contributed by atoms with van der Waals surface area (Å²) in [5.41, 5.74) is 0. The van der Waals surface area contributed by atoms with Gasteiger partial charge in [-0.05, 0) is 33.1 Å². The molecule has 0 saturated carbocycles. The van der Waals surface area contributed by atoms with Crippen LogP contribution in [0, 0.1) is 0 Å². The number of rotatable bonds is 27. The van der Waals surface area contributed by atoms with Gasteiger partial charge in [-0.2, -0.15) is 0 Å². The Labute approximate surface area is 251 Å². The summed E-state index contributed by atoms with van der Waals surface area (Å²) in [7, 11) is 5.95. The van der Waals surface area contributed by atoms with Gasteiger partial charge in [-0.25, -0.2) is 0 Å². The van der Waals surface area contributed by atoms with E-state index in [2.05, 4.69) is 12.2 Å². The molecule has 1 saturated heterocycles. The van der Waals surface area contributed by atoms with Crippen molar-refractivity contribution in [1.29, 1.82) is 0 Å². The summed E-state index contributed by atoms with van der Waals surface area (Å²) in [4.78, 5) is 23.8. The largest absolute Gasteiger partial charge is 0.456 e. The van der Waals surface area contributed by atoms with Gasteiger partial charge < -0.3 is 29.4 Å². The molecule has 0 spiro atoms. The molecule has 9 heteroatoms. The van der Waals surface area contributed by atoms with Crippen LogP contribution in [0.5, 0.6) is 0 Å². The van der Waals surface area contributed by atoms with Crippen LogP contribution in [0.15, 0.2) is 0 Å². The number of esters is 1. The highest BCUT2D eigenvalue weighted by molar-refractivity contribution is 6.11. The van der Waals surface area contributed by atoms with Gasteiger partial charge in [0.1, 0.15) is 26.2 Å². The number of hydrogen-bond donors (Lipinski definition) is 2. The number of amides is 1. The van der Waals surface area contributed by atoms with Crippen LogP contribution in [0.1, 0.15) is 136 Å². The summed E-state index contributed by atoms with van der Waals surface area (Å²) in [6, 6.07) is -0.663. The molecule has 0 aliphatic carbocycles. The lowest BCUT2D eigenvalue weighted by atomic mass is 9.93. The maximum Gasteiger partial charge on any atom is 0.306 e. The zero-order valence-electron chi connectivity index (χ0n) is 26.4. The van der Waals surface area contributed by atoms with Gasteiger partial charge in [0.25, 0.3) is 5.91 Å². The highest BCUT2D eigenvalue weighted by atomic mass is 16.6. The Kier molecular flexibility index (Phi) is 23.4. The fraction of sp³-hybridized carbons (Fsp3) is 0.938. The highest BCUT2D eigenvalue weighted by Gasteiger charge is 2.41. The number of hydrogen-bond acceptors (Lipinski definition) is 7. The summed E-state index contributed by atoms with van der Waals surface area (Å²) in [5.74, 6) is -0.549. The van der Waals surface area contributed by atoms with E-state index in [4.69, 9.17) is 26.8 Å². The fourth-order valence-electron chi connectivity index (χ4n) is 4.97. The fourth-order valence-corrected chi connectivity index (χ4v) is 4.97. The third-order valence-electron chi connectivity index (χ3n) is 7.52.